The van der Waals surface area contributed by atoms with Gasteiger partial charge in [-0.1, -0.05) is 0 Å². The number of rotatable bonds is 6. The summed E-state index contributed by atoms with van der Waals surface area (Å²) in [5.41, 5.74) is -1.42. The second-order valence-electron chi connectivity index (χ2n) is 6.72. The highest BCUT2D eigenvalue weighted by molar-refractivity contribution is 7.89. The Kier molecular flexibility index (Phi) is 7.03. The molecule has 6 nitrogen and oxygen atoms in total. The molecule has 0 saturated heterocycles. The van der Waals surface area contributed by atoms with Gasteiger partial charge in [0.05, 0.1) is 5.56 Å². The first-order valence-corrected chi connectivity index (χ1v) is 9.96. The second-order valence-corrected chi connectivity index (χ2v) is 8.55. The molecule has 0 unspecified atom stereocenters. The fourth-order valence-corrected chi connectivity index (χ4v) is 4.69. The van der Waals surface area contributed by atoms with E-state index >= 15 is 0 Å². The van der Waals surface area contributed by atoms with Gasteiger partial charge in [0.25, 0.3) is 5.91 Å². The van der Waals surface area contributed by atoms with Gasteiger partial charge in [0.1, 0.15) is 16.5 Å². The number of benzene rings is 2. The van der Waals surface area contributed by atoms with Crippen LogP contribution in [0.1, 0.15) is 35.3 Å². The molecule has 170 valence electrons. The van der Waals surface area contributed by atoms with E-state index in [1.54, 1.807) is 0 Å². The molecule has 2 aromatic rings. The fraction of sp³-hybridized carbons (Fsp3) is 0.278. The van der Waals surface area contributed by atoms with E-state index in [1.165, 1.54) is 13.8 Å². The minimum absolute atomic E-state index is 0.393. The first-order chi connectivity index (χ1) is 14.2. The number of hydrogen-bond donors (Lipinski definition) is 2. The number of nitrogens with zero attached hydrogens (tertiary/aromatic N) is 1. The molecule has 0 aromatic heterocycles. The summed E-state index contributed by atoms with van der Waals surface area (Å²) in [4.78, 5) is 9.83. The molecule has 0 heterocycles. The summed E-state index contributed by atoms with van der Waals surface area (Å²) in [6.45, 7) is 2.32. The van der Waals surface area contributed by atoms with E-state index in [-0.39, 0.29) is 0 Å². The third-order valence-corrected chi connectivity index (χ3v) is 6.57. The van der Waals surface area contributed by atoms with Gasteiger partial charge in [-0.2, -0.15) is 4.31 Å². The lowest BCUT2D eigenvalue weighted by molar-refractivity contribution is 0.0701. The normalized spacial score (nSPS) is 12.0. The first kappa shape index (κ1) is 24.6. The van der Waals surface area contributed by atoms with E-state index in [0.29, 0.717) is 16.4 Å². The van der Waals surface area contributed by atoms with Gasteiger partial charge in [-0.25, -0.2) is 40.2 Å². The van der Waals surface area contributed by atoms with Crippen molar-refractivity contribution in [2.75, 3.05) is 0 Å². The molecule has 2 aromatic carbocycles. The van der Waals surface area contributed by atoms with E-state index in [2.05, 4.69) is 0 Å². The SMILES string of the molecule is Cc1c(F)c(F)c(F)c(F)c1S(=O)(=O)N(Cc1cc(F)c(C(=O)NO)cc1F)C(C)C. The quantitative estimate of drug-likeness (QED) is 0.222. The molecule has 2 rings (SSSR count). The van der Waals surface area contributed by atoms with Crippen molar-refractivity contribution in [3.8, 4) is 0 Å². The molecule has 0 radical (unpaired) electrons. The highest BCUT2D eigenvalue weighted by Crippen LogP contribution is 2.31. The van der Waals surface area contributed by atoms with Crippen molar-refractivity contribution in [2.45, 2.75) is 38.3 Å². The maximum absolute atomic E-state index is 14.4. The van der Waals surface area contributed by atoms with E-state index in [0.717, 1.165) is 12.4 Å². The van der Waals surface area contributed by atoms with Gasteiger partial charge in [0.2, 0.25) is 10.0 Å². The van der Waals surface area contributed by atoms with Crippen LogP contribution in [0.2, 0.25) is 0 Å². The van der Waals surface area contributed by atoms with Crippen molar-refractivity contribution >= 4 is 15.9 Å². The third-order valence-electron chi connectivity index (χ3n) is 4.40. The molecule has 0 atom stereocenters. The lowest BCUT2D eigenvalue weighted by atomic mass is 10.1. The molecule has 1 amide bonds. The van der Waals surface area contributed by atoms with Gasteiger partial charge in [-0.15, -0.1) is 0 Å². The molecule has 13 heteroatoms. The number of carbonyl (C=O) groups is 1. The molecule has 0 aliphatic rings. The average Bonchev–Trinajstić information content (AvgIpc) is 2.69. The van der Waals surface area contributed by atoms with Crippen molar-refractivity contribution in [1.82, 2.24) is 9.79 Å². The molecular formula is C18H16F6N2O4S. The predicted octanol–water partition coefficient (Wildman–Crippen LogP) is 3.55. The molecular weight excluding hydrogens is 454 g/mol. The molecule has 0 aliphatic heterocycles. The molecule has 0 saturated carbocycles. The van der Waals surface area contributed by atoms with Crippen LogP contribution < -0.4 is 5.48 Å². The van der Waals surface area contributed by atoms with Gasteiger partial charge < -0.3 is 0 Å². The number of amides is 1. The summed E-state index contributed by atoms with van der Waals surface area (Å²) in [5.74, 6) is -12.6. The monoisotopic (exact) mass is 470 g/mol. The smallest absolute Gasteiger partial charge is 0.277 e. The summed E-state index contributed by atoms with van der Waals surface area (Å²) in [6, 6.07) is -0.188. The zero-order valence-corrected chi connectivity index (χ0v) is 17.1. The van der Waals surface area contributed by atoms with E-state index < -0.39 is 85.0 Å². The van der Waals surface area contributed by atoms with Crippen molar-refractivity contribution in [3.05, 3.63) is 63.7 Å². The van der Waals surface area contributed by atoms with Gasteiger partial charge in [0.15, 0.2) is 23.3 Å². The number of hydrogen-bond acceptors (Lipinski definition) is 4. The number of halogens is 6. The summed E-state index contributed by atoms with van der Waals surface area (Å²) in [6.07, 6.45) is 0. The third kappa shape index (κ3) is 4.38. The van der Waals surface area contributed by atoms with E-state index in [1.807, 2.05) is 0 Å². The highest BCUT2D eigenvalue weighted by atomic mass is 32.2. The minimum atomic E-state index is -5.08. The molecule has 2 N–H and O–H groups in total. The van der Waals surface area contributed by atoms with Crippen LogP contribution in [0.5, 0.6) is 0 Å². The molecule has 0 fully saturated rings. The standard InChI is InChI=1S/C18H16F6N2O4S/c1-7(2)26(6-9-4-12(20)10(5-11(9)19)18(27)25-28)31(29,30)17-8(3)13(21)14(22)15(23)16(17)24/h4-5,7,28H,6H2,1-3H3,(H,25,27). The van der Waals surface area contributed by atoms with Gasteiger partial charge in [-0.05, 0) is 32.9 Å². The average molecular weight is 470 g/mol. The topological polar surface area (TPSA) is 86.7 Å². The Balaban J connectivity index is 2.64. The first-order valence-electron chi connectivity index (χ1n) is 8.52. The molecule has 0 aliphatic carbocycles. The van der Waals surface area contributed by atoms with Crippen LogP contribution in [-0.2, 0) is 16.6 Å². The van der Waals surface area contributed by atoms with E-state index in [4.69, 9.17) is 5.21 Å². The van der Waals surface area contributed by atoms with Crippen LogP contribution in [0.4, 0.5) is 26.3 Å². The Morgan fingerprint density at radius 1 is 1.00 bits per heavy atom. The van der Waals surface area contributed by atoms with Gasteiger partial charge in [-0.3, -0.25) is 10.0 Å². The van der Waals surface area contributed by atoms with Crippen LogP contribution >= 0.6 is 0 Å². The van der Waals surface area contributed by atoms with Crippen molar-refractivity contribution in [3.63, 3.8) is 0 Å². The Morgan fingerprint density at radius 2 is 1.55 bits per heavy atom. The highest BCUT2D eigenvalue weighted by Gasteiger charge is 2.36. The number of nitrogens with one attached hydrogen (secondary N) is 1. The van der Waals surface area contributed by atoms with Gasteiger partial charge in [0, 0.05) is 23.7 Å². The van der Waals surface area contributed by atoms with Crippen LogP contribution in [-0.4, -0.2) is 29.9 Å². The van der Waals surface area contributed by atoms with Gasteiger partial charge >= 0.3 is 0 Å². The van der Waals surface area contributed by atoms with Crippen molar-refractivity contribution < 1.29 is 44.8 Å². The van der Waals surface area contributed by atoms with Crippen molar-refractivity contribution in [1.29, 1.82) is 0 Å². The largest absolute Gasteiger partial charge is 0.288 e. The zero-order valence-electron chi connectivity index (χ0n) is 16.2. The molecule has 0 bridgehead atoms. The van der Waals surface area contributed by atoms with Crippen LogP contribution in [0.3, 0.4) is 0 Å². The Bertz CT molecular complexity index is 1130. The summed E-state index contributed by atoms with van der Waals surface area (Å²) < 4.78 is 110. The molecule has 0 spiro atoms. The fourth-order valence-electron chi connectivity index (χ4n) is 2.80. The van der Waals surface area contributed by atoms with Crippen molar-refractivity contribution in [2.24, 2.45) is 0 Å². The Hall–Kier alpha value is -2.64. The van der Waals surface area contributed by atoms with E-state index in [9.17, 15) is 39.6 Å². The zero-order chi connectivity index (χ0) is 23.8. The van der Waals surface area contributed by atoms with Crippen LogP contribution in [0.25, 0.3) is 0 Å². The second kappa shape index (κ2) is 8.85. The molecule has 31 heavy (non-hydrogen) atoms. The van der Waals surface area contributed by atoms with Crippen LogP contribution in [0, 0.1) is 41.8 Å². The number of carbonyl (C=O) groups excluding carboxylic acids is 1. The van der Waals surface area contributed by atoms with Crippen LogP contribution in [0.15, 0.2) is 17.0 Å². The maximum Gasteiger partial charge on any atom is 0.277 e. The lowest BCUT2D eigenvalue weighted by Gasteiger charge is -2.27. The Labute approximate surface area is 173 Å². The minimum Gasteiger partial charge on any atom is -0.288 e. The number of sulfonamides is 1. The maximum atomic E-state index is 14.4. The predicted molar refractivity (Wildman–Crippen MR) is 94.5 cm³/mol. The Morgan fingerprint density at radius 3 is 2.06 bits per heavy atom. The lowest BCUT2D eigenvalue weighted by Crippen LogP contribution is -2.38. The summed E-state index contributed by atoms with van der Waals surface area (Å²) in [5, 5.41) is 8.54. The summed E-state index contributed by atoms with van der Waals surface area (Å²) in [7, 11) is -5.08. The summed E-state index contributed by atoms with van der Waals surface area (Å²) >= 11 is 0. The number of hydroxylamine groups is 1.